The van der Waals surface area contributed by atoms with Gasteiger partial charge in [-0.25, -0.2) is 4.98 Å². The zero-order valence-electron chi connectivity index (χ0n) is 19.3. The number of anilines is 2. The number of fused-ring (bicyclic) bond motifs is 1. The van der Waals surface area contributed by atoms with Crippen molar-refractivity contribution in [1.82, 2.24) is 4.98 Å². The Morgan fingerprint density at radius 2 is 1.94 bits per heavy atom. The highest BCUT2D eigenvalue weighted by Gasteiger charge is 2.30. The van der Waals surface area contributed by atoms with Gasteiger partial charge in [0.2, 0.25) is 0 Å². The van der Waals surface area contributed by atoms with Crippen molar-refractivity contribution in [1.29, 1.82) is 0 Å². The van der Waals surface area contributed by atoms with Crippen LogP contribution in [0.1, 0.15) is 56.7 Å². The molecule has 34 heavy (non-hydrogen) atoms. The summed E-state index contributed by atoms with van der Waals surface area (Å²) in [5, 5.41) is 7.63. The van der Waals surface area contributed by atoms with E-state index in [1.165, 1.54) is 16.7 Å². The minimum atomic E-state index is -0.254. The fraction of sp³-hybridized carbons (Fsp3) is 0.259. The number of carbonyl (C=O) groups excluding carboxylic acids is 1. The number of para-hydroxylation sites is 1. The molecule has 1 aromatic carbocycles. The van der Waals surface area contributed by atoms with Crippen LogP contribution in [-0.4, -0.2) is 18.0 Å². The van der Waals surface area contributed by atoms with E-state index in [1.807, 2.05) is 43.3 Å². The summed E-state index contributed by atoms with van der Waals surface area (Å²) in [6.07, 6.45) is 5.80. The van der Waals surface area contributed by atoms with Crippen LogP contribution in [0.25, 0.3) is 0 Å². The lowest BCUT2D eigenvalue weighted by atomic mass is 9.89. The van der Waals surface area contributed by atoms with Crippen LogP contribution in [0.15, 0.2) is 65.3 Å². The van der Waals surface area contributed by atoms with Gasteiger partial charge in [-0.2, -0.15) is 0 Å². The monoisotopic (exact) mass is 473 g/mol. The van der Waals surface area contributed by atoms with Crippen molar-refractivity contribution in [2.24, 2.45) is 0 Å². The highest BCUT2D eigenvalue weighted by atomic mass is 32.1. The fourth-order valence-electron chi connectivity index (χ4n) is 4.54. The predicted molar refractivity (Wildman–Crippen MR) is 135 cm³/mol. The van der Waals surface area contributed by atoms with Crippen LogP contribution in [0.2, 0.25) is 0 Å². The molecule has 0 fully saturated rings. The number of amides is 1. The molecular formula is C27H27N3O3S. The number of pyridine rings is 1. The topological polar surface area (TPSA) is 76.4 Å². The highest BCUT2D eigenvalue weighted by Crippen LogP contribution is 2.46. The van der Waals surface area contributed by atoms with Gasteiger partial charge in [-0.1, -0.05) is 24.3 Å². The third-order valence-corrected chi connectivity index (χ3v) is 7.33. The number of nitrogens with zero attached hydrogens (tertiary/aromatic N) is 1. The first-order chi connectivity index (χ1) is 16.6. The molecule has 1 amide bonds. The number of furan rings is 1. The number of nitrogens with one attached hydrogen (secondary N) is 2. The molecule has 5 rings (SSSR count). The lowest BCUT2D eigenvalue weighted by Crippen LogP contribution is -2.19. The third-order valence-electron chi connectivity index (χ3n) is 6.10. The molecule has 3 heterocycles. The SMILES string of the molecule is COc1ccccc1C(Nc1cccc(C)n1)c1c(NC(=O)c2ccco2)sc2c1CCCC2. The number of ether oxygens (including phenoxy) is 1. The van der Waals surface area contributed by atoms with Gasteiger partial charge >= 0.3 is 0 Å². The predicted octanol–water partition coefficient (Wildman–Crippen LogP) is 6.39. The number of aryl methyl sites for hydroxylation is 2. The van der Waals surface area contributed by atoms with E-state index in [9.17, 15) is 4.79 Å². The van der Waals surface area contributed by atoms with Crippen LogP contribution in [-0.2, 0) is 12.8 Å². The second-order valence-electron chi connectivity index (χ2n) is 8.37. The molecule has 0 saturated carbocycles. The Labute approximate surface area is 203 Å². The average Bonchev–Trinajstić information content (AvgIpc) is 3.51. The summed E-state index contributed by atoms with van der Waals surface area (Å²) in [6.45, 7) is 1.98. The largest absolute Gasteiger partial charge is 0.496 e. The van der Waals surface area contributed by atoms with Crippen LogP contribution < -0.4 is 15.4 Å². The molecule has 0 saturated heterocycles. The van der Waals surface area contributed by atoms with Crippen molar-refractivity contribution in [3.63, 3.8) is 0 Å². The van der Waals surface area contributed by atoms with Gasteiger partial charge < -0.3 is 19.8 Å². The Morgan fingerprint density at radius 1 is 1.09 bits per heavy atom. The smallest absolute Gasteiger partial charge is 0.291 e. The molecule has 3 aromatic heterocycles. The molecule has 0 bridgehead atoms. The number of thiophene rings is 1. The Morgan fingerprint density at radius 3 is 2.74 bits per heavy atom. The second-order valence-corrected chi connectivity index (χ2v) is 9.47. The van der Waals surface area contributed by atoms with E-state index in [2.05, 4.69) is 16.7 Å². The molecule has 0 aliphatic heterocycles. The van der Waals surface area contributed by atoms with Gasteiger partial charge in [0, 0.05) is 21.7 Å². The van der Waals surface area contributed by atoms with E-state index in [-0.39, 0.29) is 11.9 Å². The fourth-order valence-corrected chi connectivity index (χ4v) is 5.87. The van der Waals surface area contributed by atoms with Crippen LogP contribution >= 0.6 is 11.3 Å². The summed E-state index contributed by atoms with van der Waals surface area (Å²) in [6, 6.07) is 17.1. The number of hydrogen-bond donors (Lipinski definition) is 2. The highest BCUT2D eigenvalue weighted by molar-refractivity contribution is 7.16. The molecule has 0 spiro atoms. The molecule has 1 unspecified atom stereocenters. The van der Waals surface area contributed by atoms with Gasteiger partial charge in [-0.05, 0) is 68.5 Å². The van der Waals surface area contributed by atoms with Crippen LogP contribution in [0, 0.1) is 6.92 Å². The molecule has 1 aliphatic carbocycles. The quantitative estimate of drug-likeness (QED) is 0.325. The van der Waals surface area contributed by atoms with Gasteiger partial charge in [0.25, 0.3) is 5.91 Å². The number of aromatic nitrogens is 1. The Hall–Kier alpha value is -3.58. The van der Waals surface area contributed by atoms with Gasteiger partial charge in [0.15, 0.2) is 5.76 Å². The molecule has 1 aliphatic rings. The van der Waals surface area contributed by atoms with E-state index >= 15 is 0 Å². The first-order valence-electron chi connectivity index (χ1n) is 11.5. The molecule has 7 heteroatoms. The standard InChI is InChI=1S/C27H27N3O3S/c1-17-9-7-15-23(28-17)29-25(18-10-3-5-12-20(18)32-2)24-19-11-4-6-14-22(19)34-27(24)30-26(31)21-13-8-16-33-21/h3,5,7-10,12-13,15-16,25H,4,6,11,14H2,1-2H3,(H,28,29)(H,30,31). The minimum Gasteiger partial charge on any atom is -0.496 e. The summed E-state index contributed by atoms with van der Waals surface area (Å²) >= 11 is 1.66. The minimum absolute atomic E-state index is 0.252. The molecule has 174 valence electrons. The molecule has 0 radical (unpaired) electrons. The molecule has 1 atom stereocenters. The van der Waals surface area contributed by atoms with Gasteiger partial charge in [-0.3, -0.25) is 4.79 Å². The van der Waals surface area contributed by atoms with Crippen LogP contribution in [0.4, 0.5) is 10.8 Å². The summed E-state index contributed by atoms with van der Waals surface area (Å²) in [4.78, 5) is 19.0. The summed E-state index contributed by atoms with van der Waals surface area (Å²) in [5.74, 6) is 1.60. The van der Waals surface area contributed by atoms with E-state index in [4.69, 9.17) is 14.1 Å². The van der Waals surface area contributed by atoms with E-state index in [0.29, 0.717) is 5.76 Å². The number of methoxy groups -OCH3 is 1. The molecule has 6 nitrogen and oxygen atoms in total. The first-order valence-corrected chi connectivity index (χ1v) is 12.3. The van der Waals surface area contributed by atoms with Gasteiger partial charge in [0.1, 0.15) is 16.6 Å². The maximum Gasteiger partial charge on any atom is 0.291 e. The van der Waals surface area contributed by atoms with E-state index < -0.39 is 0 Å². The third kappa shape index (κ3) is 4.43. The zero-order valence-corrected chi connectivity index (χ0v) is 20.1. The molecule has 4 aromatic rings. The molecule has 2 N–H and O–H groups in total. The normalized spacial score (nSPS) is 13.7. The lowest BCUT2D eigenvalue weighted by Gasteiger charge is -2.25. The van der Waals surface area contributed by atoms with Crippen molar-refractivity contribution in [2.75, 3.05) is 17.7 Å². The van der Waals surface area contributed by atoms with Crippen molar-refractivity contribution < 1.29 is 13.9 Å². The summed E-state index contributed by atoms with van der Waals surface area (Å²) in [5.41, 5.74) is 4.31. The summed E-state index contributed by atoms with van der Waals surface area (Å²) in [7, 11) is 1.68. The van der Waals surface area contributed by atoms with Gasteiger partial charge in [0.05, 0.1) is 19.4 Å². The summed E-state index contributed by atoms with van der Waals surface area (Å²) < 4.78 is 11.1. The number of rotatable bonds is 7. The number of hydrogen-bond acceptors (Lipinski definition) is 6. The average molecular weight is 474 g/mol. The lowest BCUT2D eigenvalue weighted by molar-refractivity contribution is 0.0997. The van der Waals surface area contributed by atoms with Crippen molar-refractivity contribution in [3.8, 4) is 5.75 Å². The first kappa shape index (κ1) is 22.2. The van der Waals surface area contributed by atoms with E-state index in [0.717, 1.165) is 59.1 Å². The Kier molecular flexibility index (Phi) is 6.36. The second kappa shape index (κ2) is 9.73. The number of benzene rings is 1. The zero-order chi connectivity index (χ0) is 23.5. The maximum atomic E-state index is 13.0. The van der Waals surface area contributed by atoms with Crippen LogP contribution in [0.5, 0.6) is 5.75 Å². The van der Waals surface area contributed by atoms with Crippen molar-refractivity contribution >= 4 is 28.1 Å². The Balaban J connectivity index is 1.65. The number of carbonyl (C=O) groups is 1. The maximum absolute atomic E-state index is 13.0. The van der Waals surface area contributed by atoms with Gasteiger partial charge in [-0.15, -0.1) is 11.3 Å². The van der Waals surface area contributed by atoms with Crippen molar-refractivity contribution in [3.05, 3.63) is 93.9 Å². The van der Waals surface area contributed by atoms with Crippen molar-refractivity contribution in [2.45, 2.75) is 38.6 Å². The Bertz CT molecular complexity index is 1300. The molecular weight excluding hydrogens is 446 g/mol. The van der Waals surface area contributed by atoms with E-state index in [1.54, 1.807) is 30.6 Å². The van der Waals surface area contributed by atoms with Crippen LogP contribution in [0.3, 0.4) is 0 Å².